The maximum absolute atomic E-state index is 11.8. The van der Waals surface area contributed by atoms with E-state index >= 15 is 0 Å². The number of carbonyl (C=O) groups excluding carboxylic acids is 1. The van der Waals surface area contributed by atoms with Crippen molar-refractivity contribution in [3.05, 3.63) is 23.8 Å². The molecule has 17 heavy (non-hydrogen) atoms. The summed E-state index contributed by atoms with van der Waals surface area (Å²) in [6.07, 6.45) is 1.12. The second kappa shape index (κ2) is 4.75. The minimum Gasteiger partial charge on any atom is -0.479 e. The molecule has 1 aromatic carbocycles. The summed E-state index contributed by atoms with van der Waals surface area (Å²) in [5.74, 6) is 0.712. The summed E-state index contributed by atoms with van der Waals surface area (Å²) in [4.78, 5) is 13.4. The molecule has 0 fully saturated rings. The number of ether oxygens (including phenoxy) is 1. The predicted molar refractivity (Wildman–Crippen MR) is 65.3 cm³/mol. The highest BCUT2D eigenvalue weighted by atomic mass is 16.5. The molecule has 4 heteroatoms. The Kier molecular flexibility index (Phi) is 3.33. The molecule has 92 valence electrons. The number of likely N-dealkylation sites (N-methyl/N-ethyl adjacent to an activating group) is 1. The highest BCUT2D eigenvalue weighted by Gasteiger charge is 2.28. The van der Waals surface area contributed by atoms with Gasteiger partial charge >= 0.3 is 0 Å². The van der Waals surface area contributed by atoms with Crippen molar-refractivity contribution in [1.29, 1.82) is 0 Å². The molecule has 1 amide bonds. The quantitative estimate of drug-likeness (QED) is 0.860. The molecule has 1 aliphatic heterocycles. The van der Waals surface area contributed by atoms with E-state index in [4.69, 9.17) is 9.84 Å². The zero-order valence-corrected chi connectivity index (χ0v) is 10.1. The van der Waals surface area contributed by atoms with E-state index in [1.54, 1.807) is 18.9 Å². The van der Waals surface area contributed by atoms with Crippen LogP contribution in [0.2, 0.25) is 0 Å². The smallest absolute Gasteiger partial charge is 0.267 e. The lowest BCUT2D eigenvalue weighted by atomic mass is 10.1. The summed E-state index contributed by atoms with van der Waals surface area (Å²) in [5, 5.41) is 8.81. The lowest BCUT2D eigenvalue weighted by molar-refractivity contribution is -0.125. The number of benzene rings is 1. The summed E-state index contributed by atoms with van der Waals surface area (Å²) in [5.41, 5.74) is 1.92. The fourth-order valence-corrected chi connectivity index (χ4v) is 2.00. The Morgan fingerprint density at radius 2 is 2.24 bits per heavy atom. The Balaban J connectivity index is 2.28. The number of aliphatic hydroxyl groups is 1. The standard InChI is InChI=1S/C13H17NO3/c1-9-13(16)14(2)11-8-10(4-3-7-15)5-6-12(11)17-9/h5-6,8-9,15H,3-4,7H2,1-2H3. The van der Waals surface area contributed by atoms with E-state index < -0.39 is 6.10 Å². The number of anilines is 1. The third-order valence-electron chi connectivity index (χ3n) is 2.99. The van der Waals surface area contributed by atoms with Crippen LogP contribution in [-0.2, 0) is 11.2 Å². The number of hydrogen-bond acceptors (Lipinski definition) is 3. The maximum atomic E-state index is 11.8. The Bertz CT molecular complexity index is 431. The van der Waals surface area contributed by atoms with Crippen LogP contribution < -0.4 is 9.64 Å². The van der Waals surface area contributed by atoms with Gasteiger partial charge in [-0.3, -0.25) is 4.79 Å². The van der Waals surface area contributed by atoms with Gasteiger partial charge < -0.3 is 14.7 Å². The first-order chi connectivity index (χ1) is 8.13. The number of hydrogen-bond donors (Lipinski definition) is 1. The first-order valence-electron chi connectivity index (χ1n) is 5.81. The van der Waals surface area contributed by atoms with Crippen LogP contribution in [0.1, 0.15) is 18.9 Å². The molecule has 0 saturated heterocycles. The van der Waals surface area contributed by atoms with Crippen molar-refractivity contribution in [3.63, 3.8) is 0 Å². The molecule has 0 aromatic heterocycles. The number of fused-ring (bicyclic) bond motifs is 1. The van der Waals surface area contributed by atoms with Gasteiger partial charge in [0.25, 0.3) is 5.91 Å². The summed E-state index contributed by atoms with van der Waals surface area (Å²) in [6.45, 7) is 1.93. The van der Waals surface area contributed by atoms with Crippen LogP contribution in [0.5, 0.6) is 5.75 Å². The molecule has 0 spiro atoms. The third kappa shape index (κ3) is 2.26. The fraction of sp³-hybridized carbons (Fsp3) is 0.462. The number of rotatable bonds is 3. The van der Waals surface area contributed by atoms with E-state index in [1.165, 1.54) is 0 Å². The van der Waals surface area contributed by atoms with Gasteiger partial charge in [0.1, 0.15) is 5.75 Å². The second-order valence-electron chi connectivity index (χ2n) is 4.29. The lowest BCUT2D eigenvalue weighted by Crippen LogP contribution is -2.42. The van der Waals surface area contributed by atoms with E-state index in [-0.39, 0.29) is 12.5 Å². The largest absolute Gasteiger partial charge is 0.479 e. The summed E-state index contributed by atoms with van der Waals surface area (Å²) < 4.78 is 5.53. The predicted octanol–water partition coefficient (Wildman–Crippen LogP) is 1.36. The SMILES string of the molecule is CC1Oc2ccc(CCCO)cc2N(C)C1=O. The van der Waals surface area contributed by atoms with Crippen molar-refractivity contribution in [3.8, 4) is 5.75 Å². The Hall–Kier alpha value is -1.55. The topological polar surface area (TPSA) is 49.8 Å². The van der Waals surface area contributed by atoms with Crippen LogP contribution in [-0.4, -0.2) is 30.8 Å². The van der Waals surface area contributed by atoms with Crippen LogP contribution in [0, 0.1) is 0 Å². The highest BCUT2D eigenvalue weighted by Crippen LogP contribution is 2.34. The first kappa shape index (κ1) is 11.9. The summed E-state index contributed by atoms with van der Waals surface area (Å²) in [6, 6.07) is 5.82. The molecule has 0 saturated carbocycles. The average Bonchev–Trinajstić information content (AvgIpc) is 2.34. The Morgan fingerprint density at radius 1 is 1.47 bits per heavy atom. The number of nitrogens with zero attached hydrogens (tertiary/aromatic N) is 1. The fourth-order valence-electron chi connectivity index (χ4n) is 2.00. The Morgan fingerprint density at radius 3 is 2.94 bits per heavy atom. The molecule has 4 nitrogen and oxygen atoms in total. The molecule has 2 rings (SSSR count). The molecule has 0 aliphatic carbocycles. The van der Waals surface area contributed by atoms with Gasteiger partial charge in [-0.15, -0.1) is 0 Å². The molecule has 1 N–H and O–H groups in total. The first-order valence-corrected chi connectivity index (χ1v) is 5.81. The van der Waals surface area contributed by atoms with Gasteiger partial charge in [-0.2, -0.15) is 0 Å². The molecule has 1 aromatic rings. The highest BCUT2D eigenvalue weighted by molar-refractivity contribution is 5.99. The van der Waals surface area contributed by atoms with Crippen LogP contribution in [0.3, 0.4) is 0 Å². The minimum atomic E-state index is -0.421. The van der Waals surface area contributed by atoms with Crippen LogP contribution >= 0.6 is 0 Å². The van der Waals surface area contributed by atoms with Crippen molar-refractivity contribution in [2.45, 2.75) is 25.9 Å². The molecular weight excluding hydrogens is 218 g/mol. The van der Waals surface area contributed by atoms with Crippen molar-refractivity contribution in [2.24, 2.45) is 0 Å². The number of carbonyl (C=O) groups is 1. The zero-order valence-electron chi connectivity index (χ0n) is 10.1. The minimum absolute atomic E-state index is 0.0307. The van der Waals surface area contributed by atoms with Crippen molar-refractivity contribution < 1.29 is 14.6 Å². The van der Waals surface area contributed by atoms with Gasteiger partial charge in [-0.1, -0.05) is 6.07 Å². The van der Waals surface area contributed by atoms with Gasteiger partial charge in [0.05, 0.1) is 5.69 Å². The molecule has 1 heterocycles. The van der Waals surface area contributed by atoms with E-state index in [9.17, 15) is 4.79 Å². The number of amides is 1. The summed E-state index contributed by atoms with van der Waals surface area (Å²) in [7, 11) is 1.76. The van der Waals surface area contributed by atoms with Gasteiger partial charge in [-0.25, -0.2) is 0 Å². The molecule has 1 aliphatic rings. The third-order valence-corrected chi connectivity index (χ3v) is 2.99. The molecule has 0 bridgehead atoms. The molecule has 1 unspecified atom stereocenters. The zero-order chi connectivity index (χ0) is 12.4. The van der Waals surface area contributed by atoms with Gasteiger partial charge in [-0.05, 0) is 37.5 Å². The monoisotopic (exact) mass is 235 g/mol. The summed E-state index contributed by atoms with van der Waals surface area (Å²) >= 11 is 0. The van der Waals surface area contributed by atoms with Crippen LogP contribution in [0.25, 0.3) is 0 Å². The molecule has 0 radical (unpaired) electrons. The molecular formula is C13H17NO3. The van der Waals surface area contributed by atoms with Crippen molar-refractivity contribution in [1.82, 2.24) is 0 Å². The van der Waals surface area contributed by atoms with E-state index in [0.717, 1.165) is 29.8 Å². The van der Waals surface area contributed by atoms with Gasteiger partial charge in [0.15, 0.2) is 6.10 Å². The van der Waals surface area contributed by atoms with Crippen LogP contribution in [0.15, 0.2) is 18.2 Å². The van der Waals surface area contributed by atoms with E-state index in [1.807, 2.05) is 18.2 Å². The van der Waals surface area contributed by atoms with Crippen molar-refractivity contribution >= 4 is 11.6 Å². The molecule has 1 atom stereocenters. The normalized spacial score (nSPS) is 18.9. The van der Waals surface area contributed by atoms with Crippen LogP contribution in [0.4, 0.5) is 5.69 Å². The lowest BCUT2D eigenvalue weighted by Gasteiger charge is -2.30. The second-order valence-corrected chi connectivity index (χ2v) is 4.29. The van der Waals surface area contributed by atoms with Crippen molar-refractivity contribution in [2.75, 3.05) is 18.6 Å². The van der Waals surface area contributed by atoms with Gasteiger partial charge in [0, 0.05) is 13.7 Å². The average molecular weight is 235 g/mol. The number of aryl methyl sites for hydroxylation is 1. The van der Waals surface area contributed by atoms with Gasteiger partial charge in [0.2, 0.25) is 0 Å². The Labute approximate surface area is 101 Å². The van der Waals surface area contributed by atoms with E-state index in [0.29, 0.717) is 0 Å². The number of aliphatic hydroxyl groups excluding tert-OH is 1. The maximum Gasteiger partial charge on any atom is 0.267 e. The van der Waals surface area contributed by atoms with E-state index in [2.05, 4.69) is 0 Å².